The maximum Gasteiger partial charge on any atom is 0.280 e. The molecule has 0 bridgehead atoms. The van der Waals surface area contributed by atoms with Gasteiger partial charge in [-0.3, -0.25) is 9.59 Å². The van der Waals surface area contributed by atoms with Crippen molar-refractivity contribution in [3.05, 3.63) is 24.3 Å². The molecule has 5 nitrogen and oxygen atoms in total. The van der Waals surface area contributed by atoms with Crippen LogP contribution in [0, 0.1) is 0 Å². The third kappa shape index (κ3) is 2.24. The maximum absolute atomic E-state index is 12.6. The number of anilines is 1. The standard InChI is InChI=1S/C15H20N2O3/c1-5-17-11-8-6-7-9-12(11)20-15(4,14(17)19)13(18)16-10(2)3/h6-10H,5H2,1-4H3,(H,16,18). The van der Waals surface area contributed by atoms with E-state index in [1.807, 2.05) is 39.0 Å². The first kappa shape index (κ1) is 14.4. The van der Waals surface area contributed by atoms with Crippen molar-refractivity contribution in [1.82, 2.24) is 5.32 Å². The summed E-state index contributed by atoms with van der Waals surface area (Å²) in [5.74, 6) is -0.197. The molecule has 0 saturated carbocycles. The zero-order chi connectivity index (χ0) is 14.9. The number of nitrogens with zero attached hydrogens (tertiary/aromatic N) is 1. The van der Waals surface area contributed by atoms with Gasteiger partial charge in [0.2, 0.25) is 0 Å². The molecule has 2 rings (SSSR count). The topological polar surface area (TPSA) is 58.6 Å². The minimum atomic E-state index is -1.52. The van der Waals surface area contributed by atoms with E-state index in [1.54, 1.807) is 11.0 Å². The zero-order valence-corrected chi connectivity index (χ0v) is 12.3. The Morgan fingerprint density at radius 2 is 2.05 bits per heavy atom. The predicted octanol–water partition coefficient (Wildman–Crippen LogP) is 1.72. The second kappa shape index (κ2) is 5.15. The van der Waals surface area contributed by atoms with E-state index in [0.717, 1.165) is 0 Å². The highest BCUT2D eigenvalue weighted by molar-refractivity contribution is 6.16. The summed E-state index contributed by atoms with van der Waals surface area (Å²) in [4.78, 5) is 26.5. The van der Waals surface area contributed by atoms with E-state index in [-0.39, 0.29) is 11.9 Å². The Kier molecular flexibility index (Phi) is 3.70. The summed E-state index contributed by atoms with van der Waals surface area (Å²) < 4.78 is 5.72. The zero-order valence-electron chi connectivity index (χ0n) is 12.3. The Morgan fingerprint density at radius 3 is 2.65 bits per heavy atom. The van der Waals surface area contributed by atoms with Crippen molar-refractivity contribution in [2.45, 2.75) is 39.3 Å². The van der Waals surface area contributed by atoms with Crippen molar-refractivity contribution < 1.29 is 14.3 Å². The molecule has 1 aromatic rings. The third-order valence-corrected chi connectivity index (χ3v) is 3.29. The van der Waals surface area contributed by atoms with Gasteiger partial charge in [0.05, 0.1) is 5.69 Å². The molecule has 108 valence electrons. The van der Waals surface area contributed by atoms with E-state index in [1.165, 1.54) is 6.92 Å². The van der Waals surface area contributed by atoms with Crippen LogP contribution in [0.2, 0.25) is 0 Å². The normalized spacial score (nSPS) is 21.4. The van der Waals surface area contributed by atoms with Crippen LogP contribution in [0.3, 0.4) is 0 Å². The van der Waals surface area contributed by atoms with Gasteiger partial charge < -0.3 is 15.0 Å². The van der Waals surface area contributed by atoms with Gasteiger partial charge in [-0.05, 0) is 39.8 Å². The van der Waals surface area contributed by atoms with E-state index in [0.29, 0.717) is 18.0 Å². The van der Waals surface area contributed by atoms with Crippen molar-refractivity contribution in [3.63, 3.8) is 0 Å². The first-order valence-electron chi connectivity index (χ1n) is 6.81. The fraction of sp³-hybridized carbons (Fsp3) is 0.467. The van der Waals surface area contributed by atoms with Crippen LogP contribution in [0.15, 0.2) is 24.3 Å². The monoisotopic (exact) mass is 276 g/mol. The van der Waals surface area contributed by atoms with E-state index >= 15 is 0 Å². The first-order valence-corrected chi connectivity index (χ1v) is 6.81. The fourth-order valence-electron chi connectivity index (χ4n) is 2.25. The van der Waals surface area contributed by atoms with E-state index in [4.69, 9.17) is 4.74 Å². The van der Waals surface area contributed by atoms with Crippen molar-refractivity contribution >= 4 is 17.5 Å². The summed E-state index contributed by atoms with van der Waals surface area (Å²) in [6.07, 6.45) is 0. The molecule has 2 amide bonds. The highest BCUT2D eigenvalue weighted by Gasteiger charge is 2.50. The smallest absolute Gasteiger partial charge is 0.280 e. The summed E-state index contributed by atoms with van der Waals surface area (Å²) in [6, 6.07) is 7.20. The Labute approximate surface area is 118 Å². The SMILES string of the molecule is CCN1C(=O)C(C)(C(=O)NC(C)C)Oc2ccccc21. The van der Waals surface area contributed by atoms with Gasteiger partial charge in [-0.25, -0.2) is 0 Å². The number of ether oxygens (including phenoxy) is 1. The van der Waals surface area contributed by atoms with Gasteiger partial charge >= 0.3 is 0 Å². The Balaban J connectivity index is 2.43. The summed E-state index contributed by atoms with van der Waals surface area (Å²) in [7, 11) is 0. The molecule has 0 fully saturated rings. The second-order valence-corrected chi connectivity index (χ2v) is 5.28. The summed E-state index contributed by atoms with van der Waals surface area (Å²) in [5.41, 5.74) is -0.816. The van der Waals surface area contributed by atoms with Gasteiger partial charge in [0.25, 0.3) is 17.4 Å². The highest BCUT2D eigenvalue weighted by Crippen LogP contribution is 2.37. The molecule has 1 heterocycles. The number of hydrogen-bond donors (Lipinski definition) is 1. The molecule has 0 spiro atoms. The van der Waals surface area contributed by atoms with Gasteiger partial charge in [0.15, 0.2) is 0 Å². The highest BCUT2D eigenvalue weighted by atomic mass is 16.5. The summed E-state index contributed by atoms with van der Waals surface area (Å²) >= 11 is 0. The number of rotatable bonds is 3. The summed E-state index contributed by atoms with van der Waals surface area (Å²) in [5, 5.41) is 2.75. The van der Waals surface area contributed by atoms with Crippen LogP contribution in [-0.4, -0.2) is 30.0 Å². The average Bonchev–Trinajstić information content (AvgIpc) is 2.39. The lowest BCUT2D eigenvalue weighted by atomic mass is 9.99. The lowest BCUT2D eigenvalue weighted by Gasteiger charge is -2.39. The van der Waals surface area contributed by atoms with Gasteiger partial charge in [-0.15, -0.1) is 0 Å². The molecular formula is C15H20N2O3. The Morgan fingerprint density at radius 1 is 1.40 bits per heavy atom. The molecule has 20 heavy (non-hydrogen) atoms. The fourth-order valence-corrected chi connectivity index (χ4v) is 2.25. The van der Waals surface area contributed by atoms with E-state index < -0.39 is 11.5 Å². The average molecular weight is 276 g/mol. The lowest BCUT2D eigenvalue weighted by molar-refractivity contribution is -0.148. The first-order chi connectivity index (χ1) is 9.40. The van der Waals surface area contributed by atoms with Crippen LogP contribution in [0.5, 0.6) is 5.75 Å². The maximum atomic E-state index is 12.6. The van der Waals surface area contributed by atoms with Crippen molar-refractivity contribution in [1.29, 1.82) is 0 Å². The molecule has 1 unspecified atom stereocenters. The molecule has 1 aromatic carbocycles. The van der Waals surface area contributed by atoms with Crippen LogP contribution < -0.4 is 15.0 Å². The molecule has 5 heteroatoms. The number of amides is 2. The van der Waals surface area contributed by atoms with Crippen LogP contribution in [0.4, 0.5) is 5.69 Å². The number of carbonyl (C=O) groups excluding carboxylic acids is 2. The molecule has 1 N–H and O–H groups in total. The number of nitrogens with one attached hydrogen (secondary N) is 1. The molecule has 0 radical (unpaired) electrons. The van der Waals surface area contributed by atoms with Crippen LogP contribution >= 0.6 is 0 Å². The van der Waals surface area contributed by atoms with Crippen LogP contribution in [0.25, 0.3) is 0 Å². The van der Waals surface area contributed by atoms with E-state index in [2.05, 4.69) is 5.32 Å². The lowest BCUT2D eigenvalue weighted by Crippen LogP contribution is -2.62. The molecule has 0 aliphatic carbocycles. The Hall–Kier alpha value is -2.04. The molecule has 1 aliphatic rings. The number of fused-ring (bicyclic) bond motifs is 1. The van der Waals surface area contributed by atoms with Crippen molar-refractivity contribution in [3.8, 4) is 5.75 Å². The third-order valence-electron chi connectivity index (χ3n) is 3.29. The number of para-hydroxylation sites is 2. The second-order valence-electron chi connectivity index (χ2n) is 5.28. The quantitative estimate of drug-likeness (QED) is 0.855. The Bertz CT molecular complexity index is 542. The molecule has 1 atom stereocenters. The number of hydrogen-bond acceptors (Lipinski definition) is 3. The van der Waals surface area contributed by atoms with Gasteiger partial charge in [0, 0.05) is 12.6 Å². The predicted molar refractivity (Wildman–Crippen MR) is 76.8 cm³/mol. The number of carbonyl (C=O) groups is 2. The van der Waals surface area contributed by atoms with Gasteiger partial charge in [-0.1, -0.05) is 12.1 Å². The minimum Gasteiger partial charge on any atom is -0.466 e. The summed E-state index contributed by atoms with van der Waals surface area (Å²) in [6.45, 7) is 7.58. The van der Waals surface area contributed by atoms with Crippen LogP contribution in [-0.2, 0) is 9.59 Å². The van der Waals surface area contributed by atoms with Gasteiger partial charge in [-0.2, -0.15) is 0 Å². The molecular weight excluding hydrogens is 256 g/mol. The minimum absolute atomic E-state index is 0.0528. The van der Waals surface area contributed by atoms with Crippen molar-refractivity contribution in [2.24, 2.45) is 0 Å². The number of likely N-dealkylation sites (N-methyl/N-ethyl adjacent to an activating group) is 1. The molecule has 0 saturated heterocycles. The number of benzene rings is 1. The molecule has 0 aromatic heterocycles. The van der Waals surface area contributed by atoms with Crippen LogP contribution in [0.1, 0.15) is 27.7 Å². The largest absolute Gasteiger partial charge is 0.466 e. The van der Waals surface area contributed by atoms with Gasteiger partial charge in [0.1, 0.15) is 5.75 Å². The van der Waals surface area contributed by atoms with E-state index in [9.17, 15) is 9.59 Å². The molecule has 1 aliphatic heterocycles. The van der Waals surface area contributed by atoms with Crippen molar-refractivity contribution in [2.75, 3.05) is 11.4 Å².